The lowest BCUT2D eigenvalue weighted by atomic mass is 10.1. The fourth-order valence-corrected chi connectivity index (χ4v) is 2.52. The normalized spacial score (nSPS) is 18.1. The second-order valence-electron chi connectivity index (χ2n) is 5.87. The minimum Gasteiger partial charge on any atom is -0.595 e. The lowest BCUT2D eigenvalue weighted by Gasteiger charge is -2.22. The van der Waals surface area contributed by atoms with Gasteiger partial charge in [-0.3, -0.25) is 4.79 Å². The Morgan fingerprint density at radius 2 is 1.95 bits per heavy atom. The Morgan fingerprint density at radius 3 is 2.40 bits per heavy atom. The van der Waals surface area contributed by atoms with Crippen LogP contribution in [-0.4, -0.2) is 33.4 Å². The van der Waals surface area contributed by atoms with Crippen molar-refractivity contribution in [3.8, 4) is 0 Å². The highest BCUT2D eigenvalue weighted by Crippen LogP contribution is 2.43. The summed E-state index contributed by atoms with van der Waals surface area (Å²) in [6.07, 6.45) is 1.13. The van der Waals surface area contributed by atoms with E-state index >= 15 is 0 Å². The van der Waals surface area contributed by atoms with Crippen LogP contribution in [0, 0.1) is 0 Å². The summed E-state index contributed by atoms with van der Waals surface area (Å²) in [5.41, 5.74) is -0.448. The molecule has 1 aliphatic rings. The summed E-state index contributed by atoms with van der Waals surface area (Å²) in [6, 6.07) is 0. The van der Waals surface area contributed by atoms with Gasteiger partial charge in [-0.2, -0.15) is 0 Å². The van der Waals surface area contributed by atoms with Crippen molar-refractivity contribution >= 4 is 23.4 Å². The van der Waals surface area contributed by atoms with E-state index in [4.69, 9.17) is 0 Å². The van der Waals surface area contributed by atoms with Crippen molar-refractivity contribution in [2.24, 2.45) is 0 Å². The Labute approximate surface area is 122 Å². The molecule has 0 spiro atoms. The SMILES string of the molecule is CCCNC(=O)C1([S+]([O-])NOC(=O)NC(C)(C)C)CC1. The molecule has 0 bridgehead atoms. The zero-order valence-corrected chi connectivity index (χ0v) is 13.2. The maximum atomic E-state index is 12.0. The summed E-state index contributed by atoms with van der Waals surface area (Å²) in [5.74, 6) is -0.259. The summed E-state index contributed by atoms with van der Waals surface area (Å²) >= 11 is -1.75. The summed E-state index contributed by atoms with van der Waals surface area (Å²) in [4.78, 5) is 30.2. The number of amides is 2. The monoisotopic (exact) mass is 305 g/mol. The lowest BCUT2D eigenvalue weighted by Crippen LogP contribution is -2.50. The van der Waals surface area contributed by atoms with Crippen LogP contribution >= 0.6 is 0 Å². The molecule has 0 radical (unpaired) electrons. The minimum atomic E-state index is -1.75. The maximum absolute atomic E-state index is 12.0. The largest absolute Gasteiger partial charge is 0.595 e. The van der Waals surface area contributed by atoms with Crippen LogP contribution in [0.5, 0.6) is 0 Å². The molecule has 1 rings (SSSR count). The number of nitrogens with one attached hydrogen (secondary N) is 3. The number of hydrogen-bond acceptors (Lipinski definition) is 5. The Kier molecular flexibility index (Phi) is 5.67. The summed E-state index contributed by atoms with van der Waals surface area (Å²) in [5, 5.41) is 5.27. The van der Waals surface area contributed by atoms with Gasteiger partial charge in [0.25, 0.3) is 5.91 Å². The van der Waals surface area contributed by atoms with Gasteiger partial charge in [-0.05, 0) is 27.2 Å². The van der Waals surface area contributed by atoms with Crippen LogP contribution in [-0.2, 0) is 21.0 Å². The molecule has 0 heterocycles. The molecule has 1 saturated carbocycles. The van der Waals surface area contributed by atoms with E-state index in [0.717, 1.165) is 6.42 Å². The first-order chi connectivity index (χ1) is 9.21. The number of rotatable bonds is 6. The minimum absolute atomic E-state index is 0.259. The predicted octanol–water partition coefficient (Wildman–Crippen LogP) is 0.738. The van der Waals surface area contributed by atoms with Crippen LogP contribution in [0.4, 0.5) is 4.79 Å². The van der Waals surface area contributed by atoms with E-state index in [1.807, 2.05) is 6.92 Å². The van der Waals surface area contributed by atoms with Gasteiger partial charge >= 0.3 is 6.09 Å². The van der Waals surface area contributed by atoms with Crippen LogP contribution in [0.1, 0.15) is 47.0 Å². The standard InChI is InChI=1S/C12H23N3O4S/c1-5-8-13-9(16)12(6-7-12)20(18)15-19-10(17)14-11(2,3)4/h15H,5-8H2,1-4H3,(H,13,16)(H,14,17). The van der Waals surface area contributed by atoms with Crippen LogP contribution in [0.3, 0.4) is 0 Å². The third-order valence-corrected chi connectivity index (χ3v) is 4.23. The van der Waals surface area contributed by atoms with Gasteiger partial charge < -0.3 is 20.0 Å². The molecule has 1 aliphatic carbocycles. The van der Waals surface area contributed by atoms with Crippen molar-refractivity contribution in [1.82, 2.24) is 15.5 Å². The Bertz CT molecular complexity index is 366. The van der Waals surface area contributed by atoms with Crippen molar-refractivity contribution in [3.63, 3.8) is 0 Å². The van der Waals surface area contributed by atoms with Crippen LogP contribution < -0.4 is 15.5 Å². The second kappa shape index (κ2) is 6.64. The molecule has 2 amide bonds. The molecule has 0 aromatic heterocycles. The van der Waals surface area contributed by atoms with Crippen LogP contribution in [0.25, 0.3) is 0 Å². The lowest BCUT2D eigenvalue weighted by molar-refractivity contribution is -0.121. The van der Waals surface area contributed by atoms with Gasteiger partial charge in [0, 0.05) is 29.8 Å². The number of hydrogen-bond donors (Lipinski definition) is 3. The van der Waals surface area contributed by atoms with Crippen LogP contribution in [0.2, 0.25) is 0 Å². The van der Waals surface area contributed by atoms with E-state index in [1.165, 1.54) is 0 Å². The molecule has 1 atom stereocenters. The van der Waals surface area contributed by atoms with Crippen LogP contribution in [0.15, 0.2) is 0 Å². The van der Waals surface area contributed by atoms with Gasteiger partial charge in [-0.15, -0.1) is 0 Å². The topological polar surface area (TPSA) is 103 Å². The van der Waals surface area contributed by atoms with Crippen molar-refractivity contribution in [2.45, 2.75) is 57.2 Å². The first-order valence-corrected chi connectivity index (χ1v) is 7.81. The number of carbonyl (C=O) groups is 2. The van der Waals surface area contributed by atoms with Crippen molar-refractivity contribution < 1.29 is 19.0 Å². The average Bonchev–Trinajstić information content (AvgIpc) is 3.12. The average molecular weight is 305 g/mol. The molecule has 1 unspecified atom stereocenters. The molecule has 1 fully saturated rings. The fourth-order valence-electron chi connectivity index (χ4n) is 1.50. The molecule has 3 N–H and O–H groups in total. The Morgan fingerprint density at radius 1 is 1.35 bits per heavy atom. The highest BCUT2D eigenvalue weighted by molar-refractivity contribution is 7.91. The molecule has 116 valence electrons. The van der Waals surface area contributed by atoms with E-state index < -0.39 is 27.7 Å². The van der Waals surface area contributed by atoms with Crippen molar-refractivity contribution in [1.29, 1.82) is 0 Å². The zero-order valence-electron chi connectivity index (χ0n) is 12.4. The molecule has 20 heavy (non-hydrogen) atoms. The van der Waals surface area contributed by atoms with Gasteiger partial charge in [0.15, 0.2) is 0 Å². The van der Waals surface area contributed by atoms with Gasteiger partial charge in [-0.25, -0.2) is 4.79 Å². The quantitative estimate of drug-likeness (QED) is 0.496. The molecule has 0 aliphatic heterocycles. The maximum Gasteiger partial charge on any atom is 0.429 e. The van der Waals surface area contributed by atoms with Gasteiger partial charge in [-0.1, -0.05) is 6.92 Å². The molecular weight excluding hydrogens is 282 g/mol. The second-order valence-corrected chi connectivity index (χ2v) is 7.35. The zero-order chi connectivity index (χ0) is 15.4. The van der Waals surface area contributed by atoms with E-state index in [2.05, 4.69) is 20.4 Å². The summed E-state index contributed by atoms with van der Waals surface area (Å²) in [6.45, 7) is 7.88. The smallest absolute Gasteiger partial charge is 0.429 e. The molecule has 8 heteroatoms. The predicted molar refractivity (Wildman–Crippen MR) is 75.9 cm³/mol. The fraction of sp³-hybridized carbons (Fsp3) is 0.833. The van der Waals surface area contributed by atoms with Crippen molar-refractivity contribution in [2.75, 3.05) is 6.54 Å². The third kappa shape index (κ3) is 4.84. The van der Waals surface area contributed by atoms with E-state index in [1.54, 1.807) is 20.8 Å². The van der Waals surface area contributed by atoms with Gasteiger partial charge in [0.2, 0.25) is 4.75 Å². The molecule has 0 aromatic rings. The number of carbonyl (C=O) groups excluding carboxylic acids is 2. The molecule has 7 nitrogen and oxygen atoms in total. The summed E-state index contributed by atoms with van der Waals surface area (Å²) < 4.78 is 11.1. The Balaban J connectivity index is 2.41. The van der Waals surface area contributed by atoms with E-state index in [0.29, 0.717) is 19.4 Å². The first-order valence-electron chi connectivity index (χ1n) is 6.66. The third-order valence-electron chi connectivity index (χ3n) is 2.70. The summed E-state index contributed by atoms with van der Waals surface area (Å²) in [7, 11) is 0. The van der Waals surface area contributed by atoms with Gasteiger partial charge in [0.1, 0.15) is 0 Å². The first kappa shape index (κ1) is 17.1. The van der Waals surface area contributed by atoms with E-state index in [-0.39, 0.29) is 5.91 Å². The molecule has 0 aromatic carbocycles. The van der Waals surface area contributed by atoms with Gasteiger partial charge in [0.05, 0.1) is 11.4 Å². The highest BCUT2D eigenvalue weighted by Gasteiger charge is 2.62. The molecule has 0 saturated heterocycles. The van der Waals surface area contributed by atoms with E-state index in [9.17, 15) is 14.1 Å². The Hall–Kier alpha value is -0.990. The molecular formula is C12H23N3O4S. The highest BCUT2D eigenvalue weighted by atomic mass is 32.2. The van der Waals surface area contributed by atoms with Crippen molar-refractivity contribution in [3.05, 3.63) is 0 Å².